The topological polar surface area (TPSA) is 105 Å². The molecule has 1 aromatic heterocycles. The molecular formula is C19H24N4O3S. The molecule has 0 atom stereocenters. The number of benzene rings is 1. The van der Waals surface area contributed by atoms with Gasteiger partial charge < -0.3 is 16.4 Å². The van der Waals surface area contributed by atoms with Gasteiger partial charge in [-0.05, 0) is 42.3 Å². The zero-order chi connectivity index (χ0) is 19.6. The fourth-order valence-corrected chi connectivity index (χ4v) is 3.05. The van der Waals surface area contributed by atoms with E-state index in [9.17, 15) is 14.4 Å². The van der Waals surface area contributed by atoms with E-state index in [1.165, 1.54) is 0 Å². The summed E-state index contributed by atoms with van der Waals surface area (Å²) in [7, 11) is 0. The fraction of sp³-hybridized carbons (Fsp3) is 0.316. The average Bonchev–Trinajstić information content (AvgIpc) is 3.17. The first-order chi connectivity index (χ1) is 13.0. The van der Waals surface area contributed by atoms with Crippen molar-refractivity contribution in [3.05, 3.63) is 52.2 Å². The molecular weight excluding hydrogens is 364 g/mol. The van der Waals surface area contributed by atoms with Crippen LogP contribution in [0.25, 0.3) is 0 Å². The molecule has 1 heterocycles. The Morgan fingerprint density at radius 3 is 2.44 bits per heavy atom. The van der Waals surface area contributed by atoms with Crippen LogP contribution in [0.15, 0.2) is 41.8 Å². The minimum Gasteiger partial charge on any atom is -0.366 e. The van der Waals surface area contributed by atoms with E-state index >= 15 is 0 Å². The van der Waals surface area contributed by atoms with Gasteiger partial charge >= 0.3 is 0 Å². The quantitative estimate of drug-likeness (QED) is 0.577. The predicted octanol–water partition coefficient (Wildman–Crippen LogP) is 1.81. The summed E-state index contributed by atoms with van der Waals surface area (Å²) in [4.78, 5) is 38.2. The SMILES string of the molecule is CCN(CCC(=O)Nc1ccc(C(N)=O)cc1)CC(=O)NCc1cccs1. The van der Waals surface area contributed by atoms with Crippen LogP contribution in [0.5, 0.6) is 0 Å². The molecule has 144 valence electrons. The minimum absolute atomic E-state index is 0.0623. The Balaban J connectivity index is 1.72. The Kier molecular flexibility index (Phi) is 7.97. The summed E-state index contributed by atoms with van der Waals surface area (Å²) in [6, 6.07) is 10.3. The Bertz CT molecular complexity index is 760. The van der Waals surface area contributed by atoms with Gasteiger partial charge in [-0.1, -0.05) is 13.0 Å². The number of rotatable bonds is 10. The number of thiophene rings is 1. The van der Waals surface area contributed by atoms with Crippen LogP contribution in [0.4, 0.5) is 5.69 Å². The van der Waals surface area contributed by atoms with Crippen molar-refractivity contribution in [3.8, 4) is 0 Å². The van der Waals surface area contributed by atoms with E-state index in [2.05, 4.69) is 10.6 Å². The highest BCUT2D eigenvalue weighted by atomic mass is 32.1. The summed E-state index contributed by atoms with van der Waals surface area (Å²) in [5.41, 5.74) is 6.17. The van der Waals surface area contributed by atoms with Crippen molar-refractivity contribution < 1.29 is 14.4 Å². The molecule has 0 fully saturated rings. The van der Waals surface area contributed by atoms with Crippen molar-refractivity contribution in [1.29, 1.82) is 0 Å². The van der Waals surface area contributed by atoms with Crippen molar-refractivity contribution >= 4 is 34.7 Å². The van der Waals surface area contributed by atoms with Gasteiger partial charge in [0.15, 0.2) is 0 Å². The number of hydrogen-bond donors (Lipinski definition) is 3. The number of primary amides is 1. The largest absolute Gasteiger partial charge is 0.366 e. The summed E-state index contributed by atoms with van der Waals surface area (Å²) < 4.78 is 0. The van der Waals surface area contributed by atoms with Crippen LogP contribution in [0.2, 0.25) is 0 Å². The third-order valence-corrected chi connectivity index (χ3v) is 4.84. The second-order valence-corrected chi connectivity index (χ2v) is 7.00. The second-order valence-electron chi connectivity index (χ2n) is 5.96. The van der Waals surface area contributed by atoms with Gasteiger partial charge in [-0.3, -0.25) is 19.3 Å². The zero-order valence-electron chi connectivity index (χ0n) is 15.2. The number of amides is 3. The van der Waals surface area contributed by atoms with E-state index in [0.717, 1.165) is 4.88 Å². The van der Waals surface area contributed by atoms with Crippen LogP contribution in [-0.4, -0.2) is 42.3 Å². The minimum atomic E-state index is -0.510. The summed E-state index contributed by atoms with van der Waals surface area (Å²) in [6.07, 6.45) is 0.267. The number of likely N-dealkylation sites (N-methyl/N-ethyl adjacent to an activating group) is 1. The molecule has 8 heteroatoms. The van der Waals surface area contributed by atoms with E-state index in [1.54, 1.807) is 35.6 Å². The van der Waals surface area contributed by atoms with Gasteiger partial charge in [0.2, 0.25) is 17.7 Å². The number of carbonyl (C=O) groups excluding carboxylic acids is 3. The van der Waals surface area contributed by atoms with Gasteiger partial charge in [0.1, 0.15) is 0 Å². The maximum Gasteiger partial charge on any atom is 0.248 e. The third kappa shape index (κ3) is 7.20. The maximum absolute atomic E-state index is 12.1. The third-order valence-electron chi connectivity index (χ3n) is 3.96. The normalized spacial score (nSPS) is 10.6. The fourth-order valence-electron chi connectivity index (χ4n) is 2.41. The maximum atomic E-state index is 12.1. The van der Waals surface area contributed by atoms with Gasteiger partial charge in [-0.25, -0.2) is 0 Å². The molecule has 1 aromatic carbocycles. The molecule has 27 heavy (non-hydrogen) atoms. The molecule has 0 saturated carbocycles. The molecule has 4 N–H and O–H groups in total. The number of nitrogens with zero attached hydrogens (tertiary/aromatic N) is 1. The monoisotopic (exact) mass is 388 g/mol. The first-order valence-corrected chi connectivity index (χ1v) is 9.57. The van der Waals surface area contributed by atoms with Crippen molar-refractivity contribution in [2.45, 2.75) is 19.9 Å². The van der Waals surface area contributed by atoms with E-state index in [4.69, 9.17) is 5.73 Å². The van der Waals surface area contributed by atoms with Crippen LogP contribution < -0.4 is 16.4 Å². The van der Waals surface area contributed by atoms with Crippen molar-refractivity contribution in [2.75, 3.05) is 25.0 Å². The van der Waals surface area contributed by atoms with Crippen LogP contribution in [-0.2, 0) is 16.1 Å². The Morgan fingerprint density at radius 1 is 1.11 bits per heavy atom. The van der Waals surface area contributed by atoms with Crippen LogP contribution in [0.3, 0.4) is 0 Å². The summed E-state index contributed by atoms with van der Waals surface area (Å²) in [6.45, 7) is 3.88. The number of nitrogens with one attached hydrogen (secondary N) is 2. The lowest BCUT2D eigenvalue weighted by molar-refractivity contribution is -0.123. The zero-order valence-corrected chi connectivity index (χ0v) is 16.1. The van der Waals surface area contributed by atoms with Gasteiger partial charge in [0, 0.05) is 29.1 Å². The number of nitrogens with two attached hydrogens (primary N) is 1. The summed E-state index contributed by atoms with van der Waals surface area (Å²) >= 11 is 1.60. The van der Waals surface area contributed by atoms with E-state index in [-0.39, 0.29) is 24.8 Å². The molecule has 2 aromatic rings. The molecule has 0 radical (unpaired) electrons. The highest BCUT2D eigenvalue weighted by molar-refractivity contribution is 7.09. The summed E-state index contributed by atoms with van der Waals surface area (Å²) in [5.74, 6) is -0.726. The Labute approximate surface area is 162 Å². The van der Waals surface area contributed by atoms with Crippen molar-refractivity contribution in [3.63, 3.8) is 0 Å². The van der Waals surface area contributed by atoms with Crippen LogP contribution >= 0.6 is 11.3 Å². The van der Waals surface area contributed by atoms with Gasteiger partial charge in [0.05, 0.1) is 13.1 Å². The number of anilines is 1. The second kappa shape index (κ2) is 10.4. The first-order valence-electron chi connectivity index (χ1n) is 8.69. The van der Waals surface area contributed by atoms with Gasteiger partial charge in [0.25, 0.3) is 0 Å². The number of hydrogen-bond acceptors (Lipinski definition) is 5. The smallest absolute Gasteiger partial charge is 0.248 e. The molecule has 0 unspecified atom stereocenters. The molecule has 0 bridgehead atoms. The van der Waals surface area contributed by atoms with Crippen molar-refractivity contribution in [1.82, 2.24) is 10.2 Å². The average molecular weight is 388 g/mol. The highest BCUT2D eigenvalue weighted by Gasteiger charge is 2.11. The van der Waals surface area contributed by atoms with Gasteiger partial charge in [-0.2, -0.15) is 0 Å². The van der Waals surface area contributed by atoms with E-state index in [0.29, 0.717) is 30.9 Å². The van der Waals surface area contributed by atoms with E-state index < -0.39 is 5.91 Å². The highest BCUT2D eigenvalue weighted by Crippen LogP contribution is 2.10. The molecule has 0 aliphatic carbocycles. The first kappa shape index (κ1) is 20.6. The van der Waals surface area contributed by atoms with Crippen LogP contribution in [0.1, 0.15) is 28.6 Å². The molecule has 0 saturated heterocycles. The molecule has 0 aliphatic rings. The van der Waals surface area contributed by atoms with Gasteiger partial charge in [-0.15, -0.1) is 11.3 Å². The Morgan fingerprint density at radius 2 is 1.85 bits per heavy atom. The number of carbonyl (C=O) groups is 3. The summed E-state index contributed by atoms with van der Waals surface area (Å²) in [5, 5.41) is 7.62. The molecule has 2 rings (SSSR count). The lowest BCUT2D eigenvalue weighted by atomic mass is 10.2. The molecule has 3 amide bonds. The lowest BCUT2D eigenvalue weighted by Gasteiger charge is -2.19. The lowest BCUT2D eigenvalue weighted by Crippen LogP contribution is -2.38. The van der Waals surface area contributed by atoms with E-state index in [1.807, 2.05) is 29.3 Å². The Hall–Kier alpha value is -2.71. The van der Waals surface area contributed by atoms with Crippen LogP contribution in [0, 0.1) is 0 Å². The standard InChI is InChI=1S/C19H24N4O3S/c1-2-23(13-18(25)21-12-16-4-3-11-27-16)10-9-17(24)22-15-7-5-14(6-8-15)19(20)26/h3-8,11H,2,9-10,12-13H2,1H3,(H2,20,26)(H,21,25)(H,22,24). The predicted molar refractivity (Wildman–Crippen MR) is 106 cm³/mol. The molecule has 0 spiro atoms. The molecule has 7 nitrogen and oxygen atoms in total. The van der Waals surface area contributed by atoms with Crippen molar-refractivity contribution in [2.24, 2.45) is 5.73 Å². The molecule has 0 aliphatic heterocycles.